The van der Waals surface area contributed by atoms with Crippen LogP contribution in [0.15, 0.2) is 21.9 Å². The first-order valence-electron chi connectivity index (χ1n) is 7.54. The first-order chi connectivity index (χ1) is 10.5. The van der Waals surface area contributed by atoms with E-state index in [2.05, 4.69) is 10.3 Å². The van der Waals surface area contributed by atoms with Crippen LogP contribution in [0.3, 0.4) is 0 Å². The SMILES string of the molecule is CCC(CC)(CN)NC(=O)Cc1nc(-c2cccs2)oc1C. The Morgan fingerprint density at radius 1 is 1.45 bits per heavy atom. The maximum Gasteiger partial charge on any atom is 0.236 e. The molecule has 6 heteroatoms. The quantitative estimate of drug-likeness (QED) is 0.821. The van der Waals surface area contributed by atoms with Crippen LogP contribution in [0.25, 0.3) is 10.8 Å². The normalized spacial score (nSPS) is 11.6. The Kier molecular flexibility index (Phi) is 5.37. The van der Waals surface area contributed by atoms with Gasteiger partial charge in [0.15, 0.2) is 0 Å². The fraction of sp³-hybridized carbons (Fsp3) is 0.500. The summed E-state index contributed by atoms with van der Waals surface area (Å²) in [6.07, 6.45) is 1.83. The third-order valence-electron chi connectivity index (χ3n) is 4.10. The van der Waals surface area contributed by atoms with E-state index in [9.17, 15) is 4.79 Å². The maximum absolute atomic E-state index is 12.3. The molecular weight excluding hydrogens is 298 g/mol. The maximum atomic E-state index is 12.3. The van der Waals surface area contributed by atoms with Gasteiger partial charge in [-0.25, -0.2) is 4.98 Å². The monoisotopic (exact) mass is 321 g/mol. The topological polar surface area (TPSA) is 81.1 Å². The van der Waals surface area contributed by atoms with Crippen molar-refractivity contribution in [3.05, 3.63) is 29.0 Å². The number of nitrogens with one attached hydrogen (secondary N) is 1. The van der Waals surface area contributed by atoms with Crippen LogP contribution < -0.4 is 11.1 Å². The van der Waals surface area contributed by atoms with Crippen LogP contribution in [0.4, 0.5) is 0 Å². The van der Waals surface area contributed by atoms with Gasteiger partial charge in [0.25, 0.3) is 0 Å². The number of aromatic nitrogens is 1. The first kappa shape index (κ1) is 16.7. The van der Waals surface area contributed by atoms with E-state index in [-0.39, 0.29) is 17.9 Å². The van der Waals surface area contributed by atoms with Gasteiger partial charge in [-0.05, 0) is 31.2 Å². The molecule has 0 saturated heterocycles. The van der Waals surface area contributed by atoms with Crippen LogP contribution in [-0.2, 0) is 11.2 Å². The Bertz CT molecular complexity index is 607. The number of rotatable bonds is 7. The van der Waals surface area contributed by atoms with Crippen molar-refractivity contribution in [2.75, 3.05) is 6.54 Å². The van der Waals surface area contributed by atoms with Gasteiger partial charge < -0.3 is 15.5 Å². The van der Waals surface area contributed by atoms with E-state index in [1.54, 1.807) is 11.3 Å². The van der Waals surface area contributed by atoms with Crippen LogP contribution in [0, 0.1) is 6.92 Å². The molecule has 5 nitrogen and oxygen atoms in total. The minimum Gasteiger partial charge on any atom is -0.440 e. The van der Waals surface area contributed by atoms with Crippen LogP contribution in [0.5, 0.6) is 0 Å². The van der Waals surface area contributed by atoms with E-state index in [1.165, 1.54) is 0 Å². The fourth-order valence-electron chi connectivity index (χ4n) is 2.36. The molecule has 3 N–H and O–H groups in total. The van der Waals surface area contributed by atoms with Crippen molar-refractivity contribution < 1.29 is 9.21 Å². The zero-order valence-corrected chi connectivity index (χ0v) is 14.1. The minimum absolute atomic E-state index is 0.0664. The highest BCUT2D eigenvalue weighted by molar-refractivity contribution is 7.13. The molecule has 0 radical (unpaired) electrons. The molecule has 22 heavy (non-hydrogen) atoms. The minimum atomic E-state index is -0.328. The second-order valence-electron chi connectivity index (χ2n) is 5.42. The Morgan fingerprint density at radius 2 is 2.18 bits per heavy atom. The van der Waals surface area contributed by atoms with Crippen molar-refractivity contribution in [2.45, 2.75) is 45.6 Å². The molecule has 0 spiro atoms. The van der Waals surface area contributed by atoms with Gasteiger partial charge >= 0.3 is 0 Å². The van der Waals surface area contributed by atoms with Crippen molar-refractivity contribution in [2.24, 2.45) is 5.73 Å². The van der Waals surface area contributed by atoms with Crippen LogP contribution in [0.1, 0.15) is 38.1 Å². The summed E-state index contributed by atoms with van der Waals surface area (Å²) in [6.45, 7) is 6.34. The van der Waals surface area contributed by atoms with Gasteiger partial charge in [0.2, 0.25) is 11.8 Å². The molecule has 2 aromatic heterocycles. The molecule has 120 valence electrons. The molecule has 0 atom stereocenters. The largest absolute Gasteiger partial charge is 0.440 e. The molecule has 0 bridgehead atoms. The number of amides is 1. The van der Waals surface area contributed by atoms with Crippen molar-refractivity contribution in [3.63, 3.8) is 0 Å². The number of aryl methyl sites for hydroxylation is 1. The molecule has 0 unspecified atom stereocenters. The van der Waals surface area contributed by atoms with Gasteiger partial charge in [-0.1, -0.05) is 19.9 Å². The van der Waals surface area contributed by atoms with Gasteiger partial charge in [0.1, 0.15) is 5.76 Å². The lowest BCUT2D eigenvalue weighted by molar-refractivity contribution is -0.122. The van der Waals surface area contributed by atoms with Crippen molar-refractivity contribution in [1.82, 2.24) is 10.3 Å². The number of nitrogens with zero attached hydrogens (tertiary/aromatic N) is 1. The molecule has 0 fully saturated rings. The summed E-state index contributed by atoms with van der Waals surface area (Å²) in [6, 6.07) is 3.90. The summed E-state index contributed by atoms with van der Waals surface area (Å²) in [7, 11) is 0. The van der Waals surface area contributed by atoms with Crippen LogP contribution in [0.2, 0.25) is 0 Å². The zero-order chi connectivity index (χ0) is 16.2. The Morgan fingerprint density at radius 3 is 2.73 bits per heavy atom. The molecule has 2 heterocycles. The molecule has 2 rings (SSSR count). The lowest BCUT2D eigenvalue weighted by atomic mass is 9.92. The summed E-state index contributed by atoms with van der Waals surface area (Å²) in [5.41, 5.74) is 6.17. The number of hydrogen-bond donors (Lipinski definition) is 2. The predicted octanol–water partition coefficient (Wildman–Crippen LogP) is 2.89. The van der Waals surface area contributed by atoms with E-state index < -0.39 is 0 Å². The number of carbonyl (C=O) groups is 1. The van der Waals surface area contributed by atoms with Crippen LogP contribution in [-0.4, -0.2) is 23.0 Å². The van der Waals surface area contributed by atoms with E-state index >= 15 is 0 Å². The standard InChI is InChI=1S/C16H23N3O2S/c1-4-16(5-2,10-17)19-14(20)9-12-11(3)21-15(18-12)13-7-6-8-22-13/h6-8H,4-5,9-10,17H2,1-3H3,(H,19,20). The molecule has 0 aliphatic heterocycles. The van der Waals surface area contributed by atoms with Crippen molar-refractivity contribution in [1.29, 1.82) is 0 Å². The summed E-state index contributed by atoms with van der Waals surface area (Å²) in [5, 5.41) is 5.03. The zero-order valence-electron chi connectivity index (χ0n) is 13.3. The summed E-state index contributed by atoms with van der Waals surface area (Å²) in [4.78, 5) is 17.7. The first-order valence-corrected chi connectivity index (χ1v) is 8.42. The number of carbonyl (C=O) groups excluding carboxylic acids is 1. The van der Waals surface area contributed by atoms with E-state index in [0.29, 0.717) is 23.9 Å². The predicted molar refractivity (Wildman–Crippen MR) is 88.8 cm³/mol. The molecule has 0 aromatic carbocycles. The summed E-state index contributed by atoms with van der Waals surface area (Å²) in [5.74, 6) is 1.19. The molecule has 0 aliphatic rings. The average Bonchev–Trinajstić information content (AvgIpc) is 3.15. The third-order valence-corrected chi connectivity index (χ3v) is 4.96. The van der Waals surface area contributed by atoms with Gasteiger partial charge in [-0.15, -0.1) is 11.3 Å². The molecule has 1 amide bonds. The number of oxazole rings is 1. The van der Waals surface area contributed by atoms with E-state index in [1.807, 2.05) is 38.3 Å². The second-order valence-corrected chi connectivity index (χ2v) is 6.36. The number of nitrogens with two attached hydrogens (primary N) is 1. The third kappa shape index (κ3) is 3.56. The average molecular weight is 321 g/mol. The Labute approximate surface area is 134 Å². The van der Waals surface area contributed by atoms with Crippen LogP contribution >= 0.6 is 11.3 Å². The Balaban J connectivity index is 2.09. The highest BCUT2D eigenvalue weighted by atomic mass is 32.1. The summed E-state index contributed by atoms with van der Waals surface area (Å²) < 4.78 is 5.66. The molecule has 0 saturated carbocycles. The lowest BCUT2D eigenvalue weighted by Gasteiger charge is -2.31. The van der Waals surface area contributed by atoms with Crippen molar-refractivity contribution >= 4 is 17.2 Å². The molecular formula is C16H23N3O2S. The van der Waals surface area contributed by atoms with Gasteiger partial charge in [-0.2, -0.15) is 0 Å². The van der Waals surface area contributed by atoms with Gasteiger partial charge in [0.05, 0.1) is 22.5 Å². The van der Waals surface area contributed by atoms with Gasteiger partial charge in [0, 0.05) is 6.54 Å². The highest BCUT2D eigenvalue weighted by Gasteiger charge is 2.27. The lowest BCUT2D eigenvalue weighted by Crippen LogP contribution is -2.53. The number of thiophene rings is 1. The van der Waals surface area contributed by atoms with Crippen molar-refractivity contribution in [3.8, 4) is 10.8 Å². The number of hydrogen-bond acceptors (Lipinski definition) is 5. The summed E-state index contributed by atoms with van der Waals surface area (Å²) >= 11 is 1.56. The highest BCUT2D eigenvalue weighted by Crippen LogP contribution is 2.26. The molecule has 0 aliphatic carbocycles. The Hall–Kier alpha value is -1.66. The fourth-order valence-corrected chi connectivity index (χ4v) is 3.01. The van der Waals surface area contributed by atoms with E-state index in [0.717, 1.165) is 17.7 Å². The molecule has 2 aromatic rings. The van der Waals surface area contributed by atoms with E-state index in [4.69, 9.17) is 10.2 Å². The second kappa shape index (κ2) is 7.07. The smallest absolute Gasteiger partial charge is 0.236 e. The van der Waals surface area contributed by atoms with Gasteiger partial charge in [-0.3, -0.25) is 4.79 Å².